The number of aromatic amines is 1. The largest absolute Gasteiger partial charge is 0.481 e. The van der Waals surface area contributed by atoms with E-state index in [0.717, 1.165) is 18.4 Å². The van der Waals surface area contributed by atoms with Gasteiger partial charge in [-0.15, -0.1) is 0 Å². The first-order valence-electron chi connectivity index (χ1n) is 3.20. The second-order valence-corrected chi connectivity index (χ2v) is 2.17. The standard InChI is InChI=1S/C5H8N2.C2H4O2.H3N/c1-4-3-6-5(2)7-4;1-2(3)4;/h3H,1-2H3,(H,6,7);1H3,(H,3,4);1H3. The summed E-state index contributed by atoms with van der Waals surface area (Å²) in [6, 6.07) is 0. The van der Waals surface area contributed by atoms with Gasteiger partial charge in [0.2, 0.25) is 0 Å². The molecule has 0 atom stereocenters. The second-order valence-electron chi connectivity index (χ2n) is 2.17. The SMILES string of the molecule is CC(=O)O.Cc1cnc(C)[nH]1.N. The van der Waals surface area contributed by atoms with Crippen LogP contribution in [-0.4, -0.2) is 21.0 Å². The quantitative estimate of drug-likeness (QED) is 0.550. The molecule has 0 bridgehead atoms. The zero-order valence-electron chi connectivity index (χ0n) is 7.59. The molecule has 5 nitrogen and oxygen atoms in total. The van der Waals surface area contributed by atoms with E-state index >= 15 is 0 Å². The second kappa shape index (κ2) is 6.36. The number of aromatic nitrogens is 2. The predicted octanol–water partition coefficient (Wildman–Crippen LogP) is 1.28. The van der Waals surface area contributed by atoms with Crippen LogP contribution in [0.3, 0.4) is 0 Å². The van der Waals surface area contributed by atoms with E-state index in [0.29, 0.717) is 0 Å². The fourth-order valence-corrected chi connectivity index (χ4v) is 0.544. The van der Waals surface area contributed by atoms with Gasteiger partial charge in [0.15, 0.2) is 0 Å². The third-order valence-electron chi connectivity index (χ3n) is 0.830. The molecule has 0 aliphatic heterocycles. The van der Waals surface area contributed by atoms with Crippen molar-refractivity contribution in [1.82, 2.24) is 16.1 Å². The van der Waals surface area contributed by atoms with Crippen LogP contribution in [0.4, 0.5) is 0 Å². The molecule has 1 aromatic heterocycles. The van der Waals surface area contributed by atoms with E-state index in [1.165, 1.54) is 0 Å². The minimum absolute atomic E-state index is 0. The van der Waals surface area contributed by atoms with Crippen molar-refractivity contribution in [2.75, 3.05) is 0 Å². The Morgan fingerprint density at radius 1 is 1.58 bits per heavy atom. The van der Waals surface area contributed by atoms with Crippen molar-refractivity contribution >= 4 is 5.97 Å². The number of nitrogens with zero attached hydrogens (tertiary/aromatic N) is 1. The van der Waals surface area contributed by atoms with Gasteiger partial charge in [-0.1, -0.05) is 0 Å². The molecule has 0 saturated heterocycles. The molecular weight excluding hydrogens is 158 g/mol. The number of hydrogen-bond donors (Lipinski definition) is 3. The van der Waals surface area contributed by atoms with Crippen molar-refractivity contribution in [2.45, 2.75) is 20.8 Å². The Balaban J connectivity index is 0. The fraction of sp³-hybridized carbons (Fsp3) is 0.429. The highest BCUT2D eigenvalue weighted by atomic mass is 16.4. The molecular formula is C7H15N3O2. The summed E-state index contributed by atoms with van der Waals surface area (Å²) in [4.78, 5) is 16.0. The van der Waals surface area contributed by atoms with E-state index in [2.05, 4.69) is 9.97 Å². The molecule has 0 aliphatic carbocycles. The van der Waals surface area contributed by atoms with Gasteiger partial charge in [0.25, 0.3) is 5.97 Å². The van der Waals surface area contributed by atoms with Gasteiger partial charge < -0.3 is 16.2 Å². The molecule has 70 valence electrons. The first-order valence-corrected chi connectivity index (χ1v) is 3.20. The molecule has 1 rings (SSSR count). The van der Waals surface area contributed by atoms with Crippen molar-refractivity contribution in [3.63, 3.8) is 0 Å². The summed E-state index contributed by atoms with van der Waals surface area (Å²) in [6.07, 6.45) is 1.81. The highest BCUT2D eigenvalue weighted by Crippen LogP contribution is 1.89. The smallest absolute Gasteiger partial charge is 0.300 e. The number of carboxylic acid groups (broad SMARTS) is 1. The van der Waals surface area contributed by atoms with Crippen LogP contribution in [0.25, 0.3) is 0 Å². The normalized spacial score (nSPS) is 7.58. The lowest BCUT2D eigenvalue weighted by Crippen LogP contribution is -1.78. The van der Waals surface area contributed by atoms with Gasteiger partial charge >= 0.3 is 0 Å². The lowest BCUT2D eigenvalue weighted by molar-refractivity contribution is -0.134. The Morgan fingerprint density at radius 2 is 2.00 bits per heavy atom. The van der Waals surface area contributed by atoms with Crippen LogP contribution in [0, 0.1) is 13.8 Å². The molecule has 1 aromatic rings. The third kappa shape index (κ3) is 8.64. The summed E-state index contributed by atoms with van der Waals surface area (Å²) in [7, 11) is 0. The zero-order chi connectivity index (χ0) is 8.85. The topological polar surface area (TPSA) is 101 Å². The van der Waals surface area contributed by atoms with Gasteiger partial charge in [0.1, 0.15) is 5.82 Å². The van der Waals surface area contributed by atoms with Crippen LogP contribution >= 0.6 is 0 Å². The van der Waals surface area contributed by atoms with E-state index in [9.17, 15) is 0 Å². The van der Waals surface area contributed by atoms with Crippen molar-refractivity contribution in [3.05, 3.63) is 17.7 Å². The highest BCUT2D eigenvalue weighted by molar-refractivity contribution is 5.62. The molecule has 0 aromatic carbocycles. The number of aliphatic carboxylic acids is 1. The number of hydrogen-bond acceptors (Lipinski definition) is 3. The molecule has 0 radical (unpaired) electrons. The Morgan fingerprint density at radius 3 is 2.08 bits per heavy atom. The van der Waals surface area contributed by atoms with Crippen LogP contribution in [0.5, 0.6) is 0 Å². The van der Waals surface area contributed by atoms with Gasteiger partial charge in [-0.05, 0) is 13.8 Å². The average Bonchev–Trinajstić information content (AvgIpc) is 2.13. The van der Waals surface area contributed by atoms with Crippen LogP contribution in [-0.2, 0) is 4.79 Å². The summed E-state index contributed by atoms with van der Waals surface area (Å²) in [5, 5.41) is 7.42. The number of carboxylic acids is 1. The van der Waals surface area contributed by atoms with Crippen molar-refractivity contribution < 1.29 is 9.90 Å². The summed E-state index contributed by atoms with van der Waals surface area (Å²) in [6.45, 7) is 5.01. The number of H-pyrrole nitrogens is 1. The van der Waals surface area contributed by atoms with Crippen LogP contribution in [0.15, 0.2) is 6.20 Å². The van der Waals surface area contributed by atoms with Gasteiger partial charge in [0, 0.05) is 18.8 Å². The maximum atomic E-state index is 9.00. The molecule has 5 heteroatoms. The molecule has 0 amide bonds. The molecule has 0 unspecified atom stereocenters. The van der Waals surface area contributed by atoms with Crippen LogP contribution in [0.2, 0.25) is 0 Å². The molecule has 12 heavy (non-hydrogen) atoms. The Bertz CT molecular complexity index is 212. The van der Waals surface area contributed by atoms with Gasteiger partial charge in [-0.25, -0.2) is 4.98 Å². The zero-order valence-corrected chi connectivity index (χ0v) is 7.59. The third-order valence-corrected chi connectivity index (χ3v) is 0.830. The summed E-state index contributed by atoms with van der Waals surface area (Å²) in [5.41, 5.74) is 1.12. The maximum absolute atomic E-state index is 9.00. The fourth-order valence-electron chi connectivity index (χ4n) is 0.544. The van der Waals surface area contributed by atoms with E-state index < -0.39 is 5.97 Å². The van der Waals surface area contributed by atoms with E-state index in [1.54, 1.807) is 0 Å². The Hall–Kier alpha value is -1.36. The first kappa shape index (κ1) is 13.2. The monoisotopic (exact) mass is 173 g/mol. The molecule has 0 saturated carbocycles. The first-order chi connectivity index (χ1) is 5.02. The van der Waals surface area contributed by atoms with Gasteiger partial charge in [-0.3, -0.25) is 4.79 Å². The van der Waals surface area contributed by atoms with Gasteiger partial charge in [0.05, 0.1) is 0 Å². The summed E-state index contributed by atoms with van der Waals surface area (Å²) < 4.78 is 0. The number of carbonyl (C=O) groups is 1. The highest BCUT2D eigenvalue weighted by Gasteiger charge is 1.83. The molecule has 0 aliphatic rings. The summed E-state index contributed by atoms with van der Waals surface area (Å²) >= 11 is 0. The molecule has 0 fully saturated rings. The lowest BCUT2D eigenvalue weighted by atomic mass is 10.6. The molecule has 0 spiro atoms. The average molecular weight is 173 g/mol. The Kier molecular flexibility index (Phi) is 7.02. The van der Waals surface area contributed by atoms with Crippen LogP contribution < -0.4 is 6.15 Å². The van der Waals surface area contributed by atoms with E-state index in [-0.39, 0.29) is 6.15 Å². The number of rotatable bonds is 0. The van der Waals surface area contributed by atoms with E-state index in [4.69, 9.17) is 9.90 Å². The van der Waals surface area contributed by atoms with Crippen molar-refractivity contribution in [1.29, 1.82) is 0 Å². The molecule has 1 heterocycles. The lowest BCUT2D eigenvalue weighted by Gasteiger charge is -1.74. The molecule has 5 N–H and O–H groups in total. The minimum Gasteiger partial charge on any atom is -0.481 e. The number of aryl methyl sites for hydroxylation is 2. The number of imidazole rings is 1. The minimum atomic E-state index is -0.833. The Labute approximate surface area is 71.4 Å². The predicted molar refractivity (Wildman–Crippen MR) is 46.4 cm³/mol. The summed E-state index contributed by atoms with van der Waals surface area (Å²) in [5.74, 6) is 0.150. The van der Waals surface area contributed by atoms with Gasteiger partial charge in [-0.2, -0.15) is 0 Å². The van der Waals surface area contributed by atoms with Crippen molar-refractivity contribution in [2.24, 2.45) is 0 Å². The van der Waals surface area contributed by atoms with E-state index in [1.807, 2.05) is 20.0 Å². The number of nitrogens with one attached hydrogen (secondary N) is 1. The maximum Gasteiger partial charge on any atom is 0.300 e. The van der Waals surface area contributed by atoms with Crippen molar-refractivity contribution in [3.8, 4) is 0 Å². The van der Waals surface area contributed by atoms with Crippen LogP contribution in [0.1, 0.15) is 18.4 Å².